The minimum Gasteiger partial charge on any atom is -0.465 e. The highest BCUT2D eigenvalue weighted by Crippen LogP contribution is 2.47. The molecule has 2 atom stereocenters. The minimum absolute atomic E-state index is 0.0128. The Morgan fingerprint density at radius 2 is 2.09 bits per heavy atom. The van der Waals surface area contributed by atoms with Crippen molar-refractivity contribution in [3.8, 4) is 5.75 Å². The van der Waals surface area contributed by atoms with Gasteiger partial charge in [0.05, 0.1) is 18.0 Å². The normalized spacial score (nSPS) is 23.5. The average Bonchev–Trinajstić information content (AvgIpc) is 3.06. The van der Waals surface area contributed by atoms with Crippen LogP contribution in [0.25, 0.3) is 11.0 Å². The van der Waals surface area contributed by atoms with Crippen molar-refractivity contribution in [1.29, 1.82) is 0 Å². The van der Waals surface area contributed by atoms with E-state index in [2.05, 4.69) is 16.4 Å². The van der Waals surface area contributed by atoms with Gasteiger partial charge in [-0.1, -0.05) is 35.0 Å². The zero-order valence-electron chi connectivity index (χ0n) is 12.5. The molecule has 0 amide bonds. The number of ether oxygens (including phenoxy) is 1. The predicted octanol–water partition coefficient (Wildman–Crippen LogP) is 2.58. The summed E-state index contributed by atoms with van der Waals surface area (Å²) in [5.41, 5.74) is 3.09. The molecule has 1 aliphatic heterocycles. The van der Waals surface area contributed by atoms with Gasteiger partial charge in [0.2, 0.25) is 5.72 Å². The number of aromatic nitrogens is 3. The number of hydrogen-bond donors (Lipinski definition) is 1. The van der Waals surface area contributed by atoms with Crippen molar-refractivity contribution < 1.29 is 9.84 Å². The van der Waals surface area contributed by atoms with Crippen LogP contribution >= 0.6 is 0 Å². The highest BCUT2D eigenvalue weighted by Gasteiger charge is 2.47. The van der Waals surface area contributed by atoms with Crippen molar-refractivity contribution >= 4 is 11.0 Å². The molecule has 0 aliphatic carbocycles. The van der Waals surface area contributed by atoms with Crippen molar-refractivity contribution in [3.63, 3.8) is 0 Å². The number of rotatable bonds is 2. The fourth-order valence-corrected chi connectivity index (χ4v) is 3.27. The molecule has 0 saturated carbocycles. The lowest BCUT2D eigenvalue weighted by Crippen LogP contribution is -2.40. The summed E-state index contributed by atoms with van der Waals surface area (Å²) < 4.78 is 7.98. The van der Waals surface area contributed by atoms with Crippen LogP contribution in [0.15, 0.2) is 42.5 Å². The zero-order chi connectivity index (χ0) is 15.3. The number of aliphatic hydroxyl groups is 1. The Morgan fingerprint density at radius 1 is 1.27 bits per heavy atom. The van der Waals surface area contributed by atoms with Crippen LogP contribution in [0.5, 0.6) is 5.75 Å². The first-order valence-electron chi connectivity index (χ1n) is 7.35. The van der Waals surface area contributed by atoms with Crippen LogP contribution in [-0.2, 0) is 5.72 Å². The van der Waals surface area contributed by atoms with Crippen molar-refractivity contribution in [2.75, 3.05) is 6.61 Å². The van der Waals surface area contributed by atoms with Crippen LogP contribution in [-0.4, -0.2) is 26.7 Å². The van der Waals surface area contributed by atoms with E-state index in [0.717, 1.165) is 27.9 Å². The number of benzene rings is 2. The number of fused-ring (bicyclic) bond motifs is 2. The molecular formula is C17H17N3O2. The topological polar surface area (TPSA) is 60.2 Å². The minimum atomic E-state index is -0.791. The van der Waals surface area contributed by atoms with E-state index in [1.165, 1.54) is 0 Å². The zero-order valence-corrected chi connectivity index (χ0v) is 12.5. The van der Waals surface area contributed by atoms with Gasteiger partial charge in [-0.2, -0.15) is 0 Å². The van der Waals surface area contributed by atoms with Crippen LogP contribution in [0.1, 0.15) is 24.0 Å². The summed E-state index contributed by atoms with van der Waals surface area (Å²) in [5, 5.41) is 18.5. The smallest absolute Gasteiger partial charge is 0.210 e. The van der Waals surface area contributed by atoms with Gasteiger partial charge in [-0.25, -0.2) is 4.68 Å². The summed E-state index contributed by atoms with van der Waals surface area (Å²) in [6.07, 6.45) is 0. The monoisotopic (exact) mass is 295 g/mol. The Bertz CT molecular complexity index is 858. The molecule has 4 rings (SSSR count). The molecule has 0 fully saturated rings. The lowest BCUT2D eigenvalue weighted by atomic mass is 9.91. The van der Waals surface area contributed by atoms with Gasteiger partial charge in [-0.05, 0) is 32.0 Å². The van der Waals surface area contributed by atoms with E-state index in [0.29, 0.717) is 0 Å². The van der Waals surface area contributed by atoms with E-state index in [9.17, 15) is 5.11 Å². The van der Waals surface area contributed by atoms with E-state index in [4.69, 9.17) is 4.74 Å². The summed E-state index contributed by atoms with van der Waals surface area (Å²) in [7, 11) is 0. The van der Waals surface area contributed by atoms with Crippen LogP contribution < -0.4 is 4.74 Å². The van der Waals surface area contributed by atoms with Crippen LogP contribution in [0.2, 0.25) is 0 Å². The van der Waals surface area contributed by atoms with Gasteiger partial charge < -0.3 is 9.84 Å². The van der Waals surface area contributed by atoms with Gasteiger partial charge in [0, 0.05) is 5.56 Å². The molecule has 5 heteroatoms. The number of aliphatic hydroxyl groups excluding tert-OH is 1. The molecule has 0 bridgehead atoms. The van der Waals surface area contributed by atoms with Gasteiger partial charge >= 0.3 is 0 Å². The summed E-state index contributed by atoms with van der Waals surface area (Å²) >= 11 is 0. The van der Waals surface area contributed by atoms with Crippen molar-refractivity contribution in [2.24, 2.45) is 0 Å². The summed E-state index contributed by atoms with van der Waals surface area (Å²) in [5.74, 6) is 0.610. The van der Waals surface area contributed by atoms with Crippen molar-refractivity contribution in [1.82, 2.24) is 15.0 Å². The second-order valence-electron chi connectivity index (χ2n) is 5.92. The fourth-order valence-electron chi connectivity index (χ4n) is 3.27. The van der Waals surface area contributed by atoms with E-state index in [-0.39, 0.29) is 12.5 Å². The second kappa shape index (κ2) is 4.55. The average molecular weight is 295 g/mol. The van der Waals surface area contributed by atoms with Gasteiger partial charge in [-0.15, -0.1) is 5.10 Å². The third-order valence-electron chi connectivity index (χ3n) is 4.46. The van der Waals surface area contributed by atoms with E-state index in [1.807, 2.05) is 50.2 Å². The first-order chi connectivity index (χ1) is 10.6. The SMILES string of the molecule is Cc1ccc2c(c1)[C@H](CO)[C@](C)(n1nnc3ccccc31)O2. The Hall–Kier alpha value is -2.40. The maximum Gasteiger partial charge on any atom is 0.210 e. The molecule has 5 nitrogen and oxygen atoms in total. The maximum atomic E-state index is 9.97. The van der Waals surface area contributed by atoms with Crippen LogP contribution in [0.4, 0.5) is 0 Å². The molecule has 0 radical (unpaired) electrons. The molecule has 1 N–H and O–H groups in total. The Kier molecular flexibility index (Phi) is 2.74. The van der Waals surface area contributed by atoms with Gasteiger partial charge in [-0.3, -0.25) is 0 Å². The number of nitrogens with zero attached hydrogens (tertiary/aromatic N) is 3. The predicted molar refractivity (Wildman–Crippen MR) is 82.8 cm³/mol. The van der Waals surface area contributed by atoms with Crippen LogP contribution in [0, 0.1) is 6.92 Å². The molecule has 0 saturated heterocycles. The lowest BCUT2D eigenvalue weighted by Gasteiger charge is -2.30. The third kappa shape index (κ3) is 1.69. The highest BCUT2D eigenvalue weighted by atomic mass is 16.5. The molecule has 112 valence electrons. The lowest BCUT2D eigenvalue weighted by molar-refractivity contribution is -0.0170. The summed E-state index contributed by atoms with van der Waals surface area (Å²) in [4.78, 5) is 0. The first kappa shape index (κ1) is 13.3. The molecule has 0 spiro atoms. The molecule has 0 unspecified atom stereocenters. The summed E-state index contributed by atoms with van der Waals surface area (Å²) in [6.45, 7) is 3.97. The van der Waals surface area contributed by atoms with Crippen molar-refractivity contribution in [2.45, 2.75) is 25.5 Å². The van der Waals surface area contributed by atoms with Gasteiger partial charge in [0.15, 0.2) is 0 Å². The summed E-state index contributed by atoms with van der Waals surface area (Å²) in [6, 6.07) is 13.8. The molecule has 1 aromatic heterocycles. The molecular weight excluding hydrogens is 278 g/mol. The maximum absolute atomic E-state index is 9.97. The molecule has 2 heterocycles. The van der Waals surface area contributed by atoms with Gasteiger partial charge in [0.25, 0.3) is 0 Å². The first-order valence-corrected chi connectivity index (χ1v) is 7.35. The molecule has 2 aromatic carbocycles. The number of hydrogen-bond acceptors (Lipinski definition) is 4. The van der Waals surface area contributed by atoms with Crippen molar-refractivity contribution in [3.05, 3.63) is 53.6 Å². The van der Waals surface area contributed by atoms with E-state index in [1.54, 1.807) is 4.68 Å². The largest absolute Gasteiger partial charge is 0.465 e. The van der Waals surface area contributed by atoms with E-state index < -0.39 is 5.72 Å². The van der Waals surface area contributed by atoms with E-state index >= 15 is 0 Å². The Balaban J connectivity index is 1.91. The fraction of sp³-hybridized carbons (Fsp3) is 0.294. The highest BCUT2D eigenvalue weighted by molar-refractivity contribution is 5.74. The van der Waals surface area contributed by atoms with Gasteiger partial charge in [0.1, 0.15) is 11.3 Å². The standard InChI is InChI=1S/C17H17N3O2/c1-11-7-8-16-12(9-11)13(10-21)17(2,22-16)20-15-6-4-3-5-14(15)18-19-20/h3-9,13,21H,10H2,1-2H3/t13-,17+/m0/s1. The molecule has 3 aromatic rings. The number of aryl methyl sites for hydroxylation is 1. The Morgan fingerprint density at radius 3 is 2.91 bits per heavy atom. The Labute approximate surface area is 128 Å². The second-order valence-corrected chi connectivity index (χ2v) is 5.92. The quantitative estimate of drug-likeness (QED) is 0.789. The van der Waals surface area contributed by atoms with Crippen LogP contribution in [0.3, 0.4) is 0 Å². The molecule has 22 heavy (non-hydrogen) atoms. The molecule has 1 aliphatic rings. The number of para-hydroxylation sites is 1. The third-order valence-corrected chi connectivity index (χ3v) is 4.46.